The number of nitrogens with one attached hydrogen (secondary N) is 1. The first kappa shape index (κ1) is 30.3. The maximum atomic E-state index is 14.3. The summed E-state index contributed by atoms with van der Waals surface area (Å²) >= 11 is 0. The van der Waals surface area contributed by atoms with E-state index in [1.54, 1.807) is 11.0 Å². The molecule has 41 heavy (non-hydrogen) atoms. The summed E-state index contributed by atoms with van der Waals surface area (Å²) in [6, 6.07) is 22.2. The molecule has 1 N–H and O–H groups in total. The highest BCUT2D eigenvalue weighted by molar-refractivity contribution is 7.92. The minimum Gasteiger partial charge on any atom is -0.352 e. The van der Waals surface area contributed by atoms with Gasteiger partial charge in [0.05, 0.1) is 11.9 Å². The molecular weight excluding hydrogens is 534 g/mol. The lowest BCUT2D eigenvalue weighted by Gasteiger charge is -2.34. The number of hydrogen-bond donors (Lipinski definition) is 1. The molecule has 3 aromatic rings. The van der Waals surface area contributed by atoms with Crippen LogP contribution < -0.4 is 9.62 Å². The third-order valence-electron chi connectivity index (χ3n) is 7.87. The normalized spacial score (nSPS) is 14.4. The van der Waals surface area contributed by atoms with Gasteiger partial charge in [-0.05, 0) is 61.9 Å². The van der Waals surface area contributed by atoms with Crippen molar-refractivity contribution in [2.75, 3.05) is 17.1 Å². The molecule has 0 radical (unpaired) electrons. The van der Waals surface area contributed by atoms with Crippen molar-refractivity contribution in [3.8, 4) is 0 Å². The molecule has 0 bridgehead atoms. The zero-order valence-corrected chi connectivity index (χ0v) is 25.3. The van der Waals surface area contributed by atoms with Crippen LogP contribution in [0.4, 0.5) is 5.69 Å². The van der Waals surface area contributed by atoms with Crippen LogP contribution in [0.15, 0.2) is 72.8 Å². The summed E-state index contributed by atoms with van der Waals surface area (Å²) < 4.78 is 27.2. The summed E-state index contributed by atoms with van der Waals surface area (Å²) in [7, 11) is -3.80. The van der Waals surface area contributed by atoms with E-state index in [1.807, 2.05) is 87.5 Å². The van der Waals surface area contributed by atoms with E-state index in [-0.39, 0.29) is 18.5 Å². The van der Waals surface area contributed by atoms with E-state index in [9.17, 15) is 18.0 Å². The molecule has 8 heteroatoms. The number of anilines is 1. The Bertz CT molecular complexity index is 1470. The van der Waals surface area contributed by atoms with E-state index in [4.69, 9.17) is 0 Å². The van der Waals surface area contributed by atoms with Crippen LogP contribution in [0.25, 0.3) is 0 Å². The molecule has 4 rings (SSSR count). The number of sulfonamides is 1. The van der Waals surface area contributed by atoms with Gasteiger partial charge in [0.15, 0.2) is 0 Å². The number of carbonyl (C=O) groups excluding carboxylic acids is 2. The van der Waals surface area contributed by atoms with Gasteiger partial charge in [-0.2, -0.15) is 0 Å². The van der Waals surface area contributed by atoms with Crippen molar-refractivity contribution in [1.29, 1.82) is 0 Å². The second kappa shape index (κ2) is 13.3. The highest BCUT2D eigenvalue weighted by Crippen LogP contribution is 2.25. The molecule has 1 fully saturated rings. The molecule has 7 nitrogen and oxygen atoms in total. The Labute approximate surface area is 244 Å². The van der Waals surface area contributed by atoms with Gasteiger partial charge < -0.3 is 10.2 Å². The van der Waals surface area contributed by atoms with Crippen LogP contribution >= 0.6 is 0 Å². The third-order valence-corrected chi connectivity index (χ3v) is 9.00. The average Bonchev–Trinajstić information content (AvgIpc) is 3.43. The minimum absolute atomic E-state index is 0.0823. The van der Waals surface area contributed by atoms with Gasteiger partial charge in [-0.25, -0.2) is 8.42 Å². The lowest BCUT2D eigenvalue weighted by molar-refractivity contribution is -0.140. The van der Waals surface area contributed by atoms with Crippen LogP contribution in [0.1, 0.15) is 53.5 Å². The Morgan fingerprint density at radius 3 is 2.20 bits per heavy atom. The molecule has 1 atom stereocenters. The Kier molecular flexibility index (Phi) is 9.86. The van der Waals surface area contributed by atoms with E-state index in [0.717, 1.165) is 64.1 Å². The van der Waals surface area contributed by atoms with Crippen molar-refractivity contribution >= 4 is 27.5 Å². The van der Waals surface area contributed by atoms with Crippen molar-refractivity contribution < 1.29 is 18.0 Å². The molecule has 1 aliphatic carbocycles. The molecule has 0 saturated heterocycles. The van der Waals surface area contributed by atoms with E-state index >= 15 is 0 Å². The summed E-state index contributed by atoms with van der Waals surface area (Å²) in [5.74, 6) is -0.638. The molecule has 1 aliphatic rings. The van der Waals surface area contributed by atoms with Crippen molar-refractivity contribution in [3.63, 3.8) is 0 Å². The standard InChI is InChI=1S/C33H41N3O4S/c1-24-18-19-30(26(3)20-24)36(41(4,39)40)23-32(37)35(22-28-15-9-8-12-25(28)2)31(21-27-13-6-5-7-14-27)33(38)34-29-16-10-11-17-29/h5-9,12-15,18-20,29,31H,10-11,16-17,21-23H2,1-4H3,(H,34,38)/t31-/m0/s1. The van der Waals surface area contributed by atoms with Gasteiger partial charge in [0.25, 0.3) is 0 Å². The first-order valence-electron chi connectivity index (χ1n) is 14.3. The smallest absolute Gasteiger partial charge is 0.244 e. The molecule has 2 amide bonds. The van der Waals surface area contributed by atoms with E-state index < -0.39 is 28.5 Å². The Morgan fingerprint density at radius 2 is 1.56 bits per heavy atom. The van der Waals surface area contributed by atoms with Crippen molar-refractivity contribution in [2.45, 2.75) is 71.5 Å². The topological polar surface area (TPSA) is 86.8 Å². The SMILES string of the molecule is Cc1ccc(N(CC(=O)N(Cc2ccccc2C)[C@@H](Cc2ccccc2)C(=O)NC2CCCC2)S(C)(=O)=O)c(C)c1. The second-order valence-electron chi connectivity index (χ2n) is 11.2. The van der Waals surface area contributed by atoms with Crippen LogP contribution in [0.2, 0.25) is 0 Å². The van der Waals surface area contributed by atoms with Gasteiger partial charge in [0.2, 0.25) is 21.8 Å². The molecule has 218 valence electrons. The molecule has 1 saturated carbocycles. The van der Waals surface area contributed by atoms with Crippen molar-refractivity contribution in [1.82, 2.24) is 10.2 Å². The highest BCUT2D eigenvalue weighted by Gasteiger charge is 2.34. The summed E-state index contributed by atoms with van der Waals surface area (Å²) in [6.45, 7) is 5.53. The fourth-order valence-electron chi connectivity index (χ4n) is 5.57. The first-order chi connectivity index (χ1) is 19.5. The zero-order valence-electron chi connectivity index (χ0n) is 24.5. The fourth-order valence-corrected chi connectivity index (χ4v) is 6.48. The van der Waals surface area contributed by atoms with E-state index in [0.29, 0.717) is 12.1 Å². The summed E-state index contributed by atoms with van der Waals surface area (Å²) in [5.41, 5.74) is 5.04. The molecule has 0 aliphatic heterocycles. The van der Waals surface area contributed by atoms with Crippen LogP contribution in [-0.4, -0.2) is 50.0 Å². The van der Waals surface area contributed by atoms with Gasteiger partial charge in [-0.3, -0.25) is 13.9 Å². The number of rotatable bonds is 11. The van der Waals surface area contributed by atoms with Gasteiger partial charge in [0.1, 0.15) is 12.6 Å². The lowest BCUT2D eigenvalue weighted by Crippen LogP contribution is -2.54. The third kappa shape index (κ3) is 7.97. The molecule has 0 unspecified atom stereocenters. The van der Waals surface area contributed by atoms with Crippen LogP contribution in [0, 0.1) is 20.8 Å². The summed E-state index contributed by atoms with van der Waals surface area (Å²) in [4.78, 5) is 29.8. The number of amides is 2. The number of aryl methyl sites for hydroxylation is 3. The molecule has 0 aromatic heterocycles. The highest BCUT2D eigenvalue weighted by atomic mass is 32.2. The summed E-state index contributed by atoms with van der Waals surface area (Å²) in [6.07, 6.45) is 5.41. The molecule has 0 spiro atoms. The quantitative estimate of drug-likeness (QED) is 0.346. The van der Waals surface area contributed by atoms with Gasteiger partial charge in [-0.15, -0.1) is 0 Å². The number of carbonyl (C=O) groups is 2. The summed E-state index contributed by atoms with van der Waals surface area (Å²) in [5, 5.41) is 3.20. The zero-order chi connectivity index (χ0) is 29.6. The van der Waals surface area contributed by atoms with Gasteiger partial charge >= 0.3 is 0 Å². The Hall–Kier alpha value is -3.65. The van der Waals surface area contributed by atoms with Crippen molar-refractivity contribution in [3.05, 3.63) is 101 Å². The Morgan fingerprint density at radius 1 is 0.902 bits per heavy atom. The van der Waals surface area contributed by atoms with Crippen LogP contribution in [-0.2, 0) is 32.6 Å². The fraction of sp³-hybridized carbons (Fsp3) is 0.394. The average molecular weight is 576 g/mol. The largest absolute Gasteiger partial charge is 0.352 e. The molecule has 3 aromatic carbocycles. The monoisotopic (exact) mass is 575 g/mol. The van der Waals surface area contributed by atoms with E-state index in [1.165, 1.54) is 0 Å². The van der Waals surface area contributed by atoms with E-state index in [2.05, 4.69) is 5.32 Å². The second-order valence-corrected chi connectivity index (χ2v) is 13.1. The van der Waals surface area contributed by atoms with Gasteiger partial charge in [0, 0.05) is 19.0 Å². The lowest BCUT2D eigenvalue weighted by atomic mass is 10.0. The maximum Gasteiger partial charge on any atom is 0.244 e. The van der Waals surface area contributed by atoms with Gasteiger partial charge in [-0.1, -0.05) is 85.1 Å². The predicted octanol–water partition coefficient (Wildman–Crippen LogP) is 5.08. The van der Waals surface area contributed by atoms with Crippen LogP contribution in [0.5, 0.6) is 0 Å². The van der Waals surface area contributed by atoms with Crippen molar-refractivity contribution in [2.24, 2.45) is 0 Å². The minimum atomic E-state index is -3.80. The number of nitrogens with zero attached hydrogens (tertiary/aromatic N) is 2. The molecular formula is C33H41N3O4S. The number of benzene rings is 3. The van der Waals surface area contributed by atoms with Crippen LogP contribution in [0.3, 0.4) is 0 Å². The first-order valence-corrected chi connectivity index (χ1v) is 16.1. The molecule has 0 heterocycles. The Balaban J connectivity index is 1.75. The number of hydrogen-bond acceptors (Lipinski definition) is 4. The maximum absolute atomic E-state index is 14.3. The predicted molar refractivity (Wildman–Crippen MR) is 164 cm³/mol.